The van der Waals surface area contributed by atoms with E-state index in [1.807, 2.05) is 0 Å². The fourth-order valence-corrected chi connectivity index (χ4v) is 1.93. The van der Waals surface area contributed by atoms with Crippen molar-refractivity contribution in [1.82, 2.24) is 15.5 Å². The number of carbonyl (C=O) groups is 1. The molecule has 2 atom stereocenters. The molecule has 0 bridgehead atoms. The number of hydrogen-bond acceptors (Lipinski definition) is 4. The summed E-state index contributed by atoms with van der Waals surface area (Å²) in [6, 6.07) is 1.04. The Labute approximate surface area is 97.5 Å². The molecule has 0 aromatic carbocycles. The third-order valence-electron chi connectivity index (χ3n) is 3.07. The van der Waals surface area contributed by atoms with E-state index in [-0.39, 0.29) is 5.91 Å². The molecule has 5 heteroatoms. The number of hydrogen-bond donors (Lipinski definition) is 2. The quantitative estimate of drug-likeness (QED) is 0.599. The number of nitrogens with one attached hydrogen (secondary N) is 2. The number of likely N-dealkylation sites (N-methyl/N-ethyl adjacent to an activating group) is 1. The van der Waals surface area contributed by atoms with Gasteiger partial charge in [0.2, 0.25) is 5.91 Å². The second-order valence-electron chi connectivity index (χ2n) is 4.44. The van der Waals surface area contributed by atoms with Crippen molar-refractivity contribution in [2.45, 2.75) is 25.4 Å². The lowest BCUT2D eigenvalue weighted by molar-refractivity contribution is -0.120. The normalized spacial score (nSPS) is 25.9. The first-order valence-electron chi connectivity index (χ1n) is 5.82. The van der Waals surface area contributed by atoms with Gasteiger partial charge in [0, 0.05) is 32.3 Å². The smallest absolute Gasteiger partial charge is 0.234 e. The van der Waals surface area contributed by atoms with Crippen LogP contribution in [0.4, 0.5) is 0 Å². The van der Waals surface area contributed by atoms with E-state index in [0.29, 0.717) is 31.8 Å². The molecule has 1 heterocycles. The number of methoxy groups -OCH3 is 1. The van der Waals surface area contributed by atoms with Gasteiger partial charge in [-0.25, -0.2) is 0 Å². The molecule has 5 nitrogen and oxygen atoms in total. The fourth-order valence-electron chi connectivity index (χ4n) is 1.93. The van der Waals surface area contributed by atoms with Crippen molar-refractivity contribution in [3.63, 3.8) is 0 Å². The first-order chi connectivity index (χ1) is 7.63. The Hall–Kier alpha value is -0.650. The van der Waals surface area contributed by atoms with Crippen molar-refractivity contribution in [2.24, 2.45) is 0 Å². The highest BCUT2D eigenvalue weighted by Gasteiger charge is 2.25. The Morgan fingerprint density at radius 3 is 2.88 bits per heavy atom. The summed E-state index contributed by atoms with van der Waals surface area (Å²) in [5, 5.41) is 6.06. The zero-order valence-corrected chi connectivity index (χ0v) is 10.5. The van der Waals surface area contributed by atoms with Crippen LogP contribution in [-0.2, 0) is 9.53 Å². The van der Waals surface area contributed by atoms with Crippen molar-refractivity contribution in [3.8, 4) is 0 Å². The monoisotopic (exact) mass is 229 g/mol. The molecule has 0 aromatic heterocycles. The van der Waals surface area contributed by atoms with Gasteiger partial charge < -0.3 is 20.3 Å². The summed E-state index contributed by atoms with van der Waals surface area (Å²) in [7, 11) is 3.74. The lowest BCUT2D eigenvalue weighted by Crippen LogP contribution is -2.41. The first-order valence-corrected chi connectivity index (χ1v) is 5.82. The molecule has 0 aliphatic carbocycles. The first kappa shape index (κ1) is 13.4. The summed E-state index contributed by atoms with van der Waals surface area (Å²) in [6.07, 6.45) is 1.11. The molecular weight excluding hydrogens is 206 g/mol. The maximum atomic E-state index is 11.4. The second-order valence-corrected chi connectivity index (χ2v) is 4.44. The molecule has 0 saturated carbocycles. The van der Waals surface area contributed by atoms with E-state index in [9.17, 15) is 4.79 Å². The number of nitrogens with zero attached hydrogens (tertiary/aromatic N) is 1. The van der Waals surface area contributed by atoms with E-state index in [4.69, 9.17) is 4.74 Å². The number of carbonyl (C=O) groups excluding carboxylic acids is 1. The lowest BCUT2D eigenvalue weighted by Gasteiger charge is -2.13. The molecule has 1 aliphatic rings. The van der Waals surface area contributed by atoms with Gasteiger partial charge in [-0.15, -0.1) is 0 Å². The minimum absolute atomic E-state index is 0.0410. The molecule has 94 valence electrons. The highest BCUT2D eigenvalue weighted by Crippen LogP contribution is 2.14. The van der Waals surface area contributed by atoms with Crippen LogP contribution in [0.1, 0.15) is 13.3 Å². The van der Waals surface area contributed by atoms with E-state index in [1.165, 1.54) is 0 Å². The van der Waals surface area contributed by atoms with E-state index >= 15 is 0 Å². The minimum Gasteiger partial charge on any atom is -0.383 e. The van der Waals surface area contributed by atoms with Crippen molar-refractivity contribution >= 4 is 5.91 Å². The Bertz CT molecular complexity index is 213. The molecule has 1 fully saturated rings. The molecule has 1 aliphatic heterocycles. The van der Waals surface area contributed by atoms with Crippen LogP contribution in [0.15, 0.2) is 0 Å². The van der Waals surface area contributed by atoms with E-state index in [1.54, 1.807) is 7.11 Å². The average Bonchev–Trinajstić information content (AvgIpc) is 2.56. The Morgan fingerprint density at radius 2 is 2.31 bits per heavy atom. The van der Waals surface area contributed by atoms with Crippen LogP contribution in [0, 0.1) is 0 Å². The zero-order valence-electron chi connectivity index (χ0n) is 10.5. The predicted octanol–water partition coefficient (Wildman–Crippen LogP) is -0.569. The van der Waals surface area contributed by atoms with Crippen LogP contribution >= 0.6 is 0 Å². The molecular formula is C11H23N3O2. The number of ether oxygens (including phenoxy) is 1. The third-order valence-corrected chi connectivity index (χ3v) is 3.07. The Balaban J connectivity index is 2.08. The summed E-state index contributed by atoms with van der Waals surface area (Å²) < 4.78 is 4.86. The van der Waals surface area contributed by atoms with Crippen molar-refractivity contribution < 1.29 is 9.53 Å². The van der Waals surface area contributed by atoms with Crippen molar-refractivity contribution in [1.29, 1.82) is 0 Å². The van der Waals surface area contributed by atoms with Gasteiger partial charge in [0.05, 0.1) is 13.2 Å². The SMILES string of the molecule is COCCNC(=O)CNC1CC(C)N(C)C1. The van der Waals surface area contributed by atoms with E-state index < -0.39 is 0 Å². The Kier molecular flexibility index (Phi) is 5.73. The van der Waals surface area contributed by atoms with Gasteiger partial charge in [-0.1, -0.05) is 0 Å². The predicted molar refractivity (Wildman–Crippen MR) is 63.4 cm³/mol. The molecule has 0 aromatic rings. The van der Waals surface area contributed by atoms with Crippen LogP contribution < -0.4 is 10.6 Å². The highest BCUT2D eigenvalue weighted by atomic mass is 16.5. The summed E-state index contributed by atoms with van der Waals surface area (Å²) >= 11 is 0. The molecule has 16 heavy (non-hydrogen) atoms. The topological polar surface area (TPSA) is 53.6 Å². The van der Waals surface area contributed by atoms with E-state index in [0.717, 1.165) is 13.0 Å². The van der Waals surface area contributed by atoms with E-state index in [2.05, 4.69) is 29.5 Å². The van der Waals surface area contributed by atoms with Gasteiger partial charge in [0.15, 0.2) is 0 Å². The van der Waals surface area contributed by atoms with Crippen LogP contribution in [0.3, 0.4) is 0 Å². The Morgan fingerprint density at radius 1 is 1.56 bits per heavy atom. The van der Waals surface area contributed by atoms with Crippen LogP contribution in [-0.4, -0.2) is 63.3 Å². The van der Waals surface area contributed by atoms with Gasteiger partial charge >= 0.3 is 0 Å². The molecule has 1 amide bonds. The van der Waals surface area contributed by atoms with Crippen molar-refractivity contribution in [2.75, 3.05) is 40.4 Å². The van der Waals surface area contributed by atoms with Gasteiger partial charge in [-0.3, -0.25) is 4.79 Å². The molecule has 2 N–H and O–H groups in total. The molecule has 1 rings (SSSR count). The number of amides is 1. The molecule has 0 spiro atoms. The molecule has 1 saturated heterocycles. The standard InChI is InChI=1S/C11H23N3O2/c1-9-6-10(8-14(9)2)13-7-11(15)12-4-5-16-3/h9-10,13H,4-8H2,1-3H3,(H,12,15). The number of rotatable bonds is 6. The van der Waals surface area contributed by atoms with Gasteiger partial charge in [-0.05, 0) is 20.4 Å². The summed E-state index contributed by atoms with van der Waals surface area (Å²) in [6.45, 7) is 4.77. The maximum absolute atomic E-state index is 11.4. The van der Waals surface area contributed by atoms with Gasteiger partial charge in [0.25, 0.3) is 0 Å². The molecule has 2 unspecified atom stereocenters. The maximum Gasteiger partial charge on any atom is 0.234 e. The summed E-state index contributed by atoms with van der Waals surface area (Å²) in [5.41, 5.74) is 0. The highest BCUT2D eigenvalue weighted by molar-refractivity contribution is 5.77. The average molecular weight is 229 g/mol. The van der Waals surface area contributed by atoms with Gasteiger partial charge in [-0.2, -0.15) is 0 Å². The fraction of sp³-hybridized carbons (Fsp3) is 0.909. The van der Waals surface area contributed by atoms with Crippen LogP contribution in [0.2, 0.25) is 0 Å². The van der Waals surface area contributed by atoms with Crippen LogP contribution in [0.25, 0.3) is 0 Å². The van der Waals surface area contributed by atoms with Gasteiger partial charge in [0.1, 0.15) is 0 Å². The number of likely N-dealkylation sites (tertiary alicyclic amines) is 1. The summed E-state index contributed by atoms with van der Waals surface area (Å²) in [4.78, 5) is 13.7. The third kappa shape index (κ3) is 4.47. The lowest BCUT2D eigenvalue weighted by atomic mass is 10.2. The molecule has 0 radical (unpaired) electrons. The largest absolute Gasteiger partial charge is 0.383 e. The van der Waals surface area contributed by atoms with Crippen LogP contribution in [0.5, 0.6) is 0 Å². The van der Waals surface area contributed by atoms with Crippen molar-refractivity contribution in [3.05, 3.63) is 0 Å². The second kappa shape index (κ2) is 6.83. The minimum atomic E-state index is 0.0410. The zero-order chi connectivity index (χ0) is 12.0. The summed E-state index contributed by atoms with van der Waals surface area (Å²) in [5.74, 6) is 0.0410.